The van der Waals surface area contributed by atoms with Crippen molar-refractivity contribution in [3.05, 3.63) is 47.3 Å². The summed E-state index contributed by atoms with van der Waals surface area (Å²) >= 11 is 0. The van der Waals surface area contributed by atoms with E-state index in [1.165, 1.54) is 19.1 Å². The average molecular weight is 248 g/mol. The van der Waals surface area contributed by atoms with Crippen molar-refractivity contribution in [2.45, 2.75) is 26.4 Å². The van der Waals surface area contributed by atoms with Crippen molar-refractivity contribution in [3.8, 4) is 0 Å². The molecule has 0 saturated heterocycles. The Bertz CT molecular complexity index is 502. The highest BCUT2D eigenvalue weighted by Gasteiger charge is 2.44. The number of allylic oxidation sites excluding steroid dienone is 5. The van der Waals surface area contributed by atoms with Crippen molar-refractivity contribution in [1.29, 1.82) is 0 Å². The Hall–Kier alpha value is -1.94. The molecule has 1 aliphatic carbocycles. The van der Waals surface area contributed by atoms with Crippen LogP contribution in [0, 0.1) is 0 Å². The third-order valence-corrected chi connectivity index (χ3v) is 2.68. The Morgan fingerprint density at radius 3 is 2.44 bits per heavy atom. The van der Waals surface area contributed by atoms with Gasteiger partial charge in [-0.1, -0.05) is 18.2 Å². The first kappa shape index (κ1) is 14.1. The van der Waals surface area contributed by atoms with Crippen molar-refractivity contribution >= 4 is 11.6 Å². The molecule has 0 fully saturated rings. The number of Topliss-reactive ketones (excluding diaryl/α,β-unsaturated/α-hetero) is 2. The molecule has 0 aromatic carbocycles. The second kappa shape index (κ2) is 5.14. The van der Waals surface area contributed by atoms with E-state index in [9.17, 15) is 19.8 Å². The van der Waals surface area contributed by atoms with Crippen molar-refractivity contribution in [1.82, 2.24) is 0 Å². The van der Waals surface area contributed by atoms with Gasteiger partial charge in [0.2, 0.25) is 5.78 Å². The topological polar surface area (TPSA) is 74.6 Å². The van der Waals surface area contributed by atoms with Crippen molar-refractivity contribution in [2.75, 3.05) is 0 Å². The molecule has 0 amide bonds. The number of carbonyl (C=O) groups excluding carboxylic acids is 2. The number of aliphatic hydroxyl groups is 2. The van der Waals surface area contributed by atoms with Crippen LogP contribution >= 0.6 is 0 Å². The van der Waals surface area contributed by atoms with Gasteiger partial charge in [0.05, 0.1) is 5.57 Å². The fourth-order valence-corrected chi connectivity index (χ4v) is 1.63. The third-order valence-electron chi connectivity index (χ3n) is 2.68. The largest absolute Gasteiger partial charge is 0.507 e. The van der Waals surface area contributed by atoms with Crippen molar-refractivity contribution < 1.29 is 19.8 Å². The maximum atomic E-state index is 11.9. The lowest BCUT2D eigenvalue weighted by Gasteiger charge is -2.25. The summed E-state index contributed by atoms with van der Waals surface area (Å²) in [6, 6.07) is 0. The fraction of sp³-hybridized carbons (Fsp3) is 0.286. The Morgan fingerprint density at radius 2 is 1.89 bits per heavy atom. The molecule has 2 N–H and O–H groups in total. The van der Waals surface area contributed by atoms with Gasteiger partial charge in [0, 0.05) is 0 Å². The summed E-state index contributed by atoms with van der Waals surface area (Å²) in [5.41, 5.74) is -1.92. The molecule has 96 valence electrons. The fourth-order valence-electron chi connectivity index (χ4n) is 1.63. The lowest BCUT2D eigenvalue weighted by atomic mass is 9.81. The van der Waals surface area contributed by atoms with Crippen LogP contribution in [0.2, 0.25) is 0 Å². The number of rotatable bonds is 2. The lowest BCUT2D eigenvalue weighted by Crippen LogP contribution is -2.47. The number of hydrogen-bond donors (Lipinski definition) is 2. The first-order chi connectivity index (χ1) is 8.32. The molecule has 4 nitrogen and oxygen atoms in total. The first-order valence-corrected chi connectivity index (χ1v) is 5.55. The van der Waals surface area contributed by atoms with Gasteiger partial charge >= 0.3 is 0 Å². The van der Waals surface area contributed by atoms with Gasteiger partial charge in [0.15, 0.2) is 11.4 Å². The lowest BCUT2D eigenvalue weighted by molar-refractivity contribution is -0.144. The Balaban J connectivity index is 3.29. The number of aliphatic hydroxyl groups excluding tert-OH is 1. The van der Waals surface area contributed by atoms with Crippen LogP contribution in [0.5, 0.6) is 0 Å². The molecule has 1 rings (SSSR count). The van der Waals surface area contributed by atoms with Gasteiger partial charge in [-0.2, -0.15) is 0 Å². The second-order valence-corrected chi connectivity index (χ2v) is 4.24. The van der Waals surface area contributed by atoms with Gasteiger partial charge in [-0.15, -0.1) is 0 Å². The van der Waals surface area contributed by atoms with Crippen LogP contribution in [0.3, 0.4) is 0 Å². The zero-order valence-corrected chi connectivity index (χ0v) is 10.6. The minimum absolute atomic E-state index is 0.0575. The van der Waals surface area contributed by atoms with Crippen LogP contribution in [-0.4, -0.2) is 27.4 Å². The third kappa shape index (κ3) is 2.49. The summed E-state index contributed by atoms with van der Waals surface area (Å²) in [5, 5.41) is 19.6. The molecule has 0 unspecified atom stereocenters. The molecule has 0 bridgehead atoms. The highest BCUT2D eigenvalue weighted by Crippen LogP contribution is 2.26. The summed E-state index contributed by atoms with van der Waals surface area (Å²) in [4.78, 5) is 23.5. The van der Waals surface area contributed by atoms with Gasteiger partial charge in [-0.05, 0) is 38.5 Å². The first-order valence-electron chi connectivity index (χ1n) is 5.55. The molecule has 0 heterocycles. The summed E-state index contributed by atoms with van der Waals surface area (Å²) in [5.74, 6) is -1.70. The highest BCUT2D eigenvalue weighted by molar-refractivity contribution is 6.26. The second-order valence-electron chi connectivity index (χ2n) is 4.24. The Kier molecular flexibility index (Phi) is 4.03. The molecule has 4 heteroatoms. The number of carbonyl (C=O) groups is 2. The molecule has 1 aliphatic rings. The normalized spacial score (nSPS) is 28.1. The van der Waals surface area contributed by atoms with Crippen molar-refractivity contribution in [3.63, 3.8) is 0 Å². The van der Waals surface area contributed by atoms with E-state index in [4.69, 9.17) is 0 Å². The Labute approximate surface area is 106 Å². The SMILES string of the molecule is C/C=C/C=C/C(O)=C1\C=C(C)C(=O)[C@](C)(O)C1=O. The van der Waals surface area contributed by atoms with Crippen LogP contribution in [-0.2, 0) is 9.59 Å². The molecule has 0 spiro atoms. The van der Waals surface area contributed by atoms with E-state index >= 15 is 0 Å². The van der Waals surface area contributed by atoms with Crippen LogP contribution in [0.1, 0.15) is 20.8 Å². The smallest absolute Gasteiger partial charge is 0.205 e. The van der Waals surface area contributed by atoms with E-state index in [0.29, 0.717) is 0 Å². The monoisotopic (exact) mass is 248 g/mol. The van der Waals surface area contributed by atoms with Crippen LogP contribution in [0.4, 0.5) is 0 Å². The molecular formula is C14H16O4. The van der Waals surface area contributed by atoms with E-state index in [1.807, 2.05) is 6.92 Å². The Morgan fingerprint density at radius 1 is 1.28 bits per heavy atom. The summed E-state index contributed by atoms with van der Waals surface area (Å²) in [7, 11) is 0. The van der Waals surface area contributed by atoms with E-state index < -0.39 is 17.2 Å². The minimum Gasteiger partial charge on any atom is -0.507 e. The predicted octanol–water partition coefficient (Wildman–Crippen LogP) is 1.78. The molecule has 0 aliphatic heterocycles. The average Bonchev–Trinajstić information content (AvgIpc) is 2.32. The number of hydrogen-bond acceptors (Lipinski definition) is 4. The summed E-state index contributed by atoms with van der Waals surface area (Å²) in [6.07, 6.45) is 7.63. The van der Waals surface area contributed by atoms with Gasteiger partial charge in [-0.25, -0.2) is 0 Å². The molecule has 1 atom stereocenters. The van der Waals surface area contributed by atoms with Crippen LogP contribution in [0.25, 0.3) is 0 Å². The van der Waals surface area contributed by atoms with Gasteiger partial charge in [0.25, 0.3) is 0 Å². The van der Waals surface area contributed by atoms with Gasteiger partial charge < -0.3 is 10.2 Å². The molecule has 0 radical (unpaired) electrons. The van der Waals surface area contributed by atoms with Crippen LogP contribution < -0.4 is 0 Å². The summed E-state index contributed by atoms with van der Waals surface area (Å²) in [6.45, 7) is 4.44. The van der Waals surface area contributed by atoms with E-state index in [1.54, 1.807) is 18.2 Å². The quantitative estimate of drug-likeness (QED) is 0.338. The molecule has 18 heavy (non-hydrogen) atoms. The van der Waals surface area contributed by atoms with Gasteiger partial charge in [-0.3, -0.25) is 9.59 Å². The zero-order valence-electron chi connectivity index (χ0n) is 10.6. The molecule has 0 aromatic rings. The van der Waals surface area contributed by atoms with Crippen LogP contribution in [0.15, 0.2) is 47.3 Å². The van der Waals surface area contributed by atoms with E-state index in [2.05, 4.69) is 0 Å². The maximum Gasteiger partial charge on any atom is 0.205 e. The standard InChI is InChI=1S/C14H16O4/c1-4-5-6-7-11(15)10-8-9(2)12(16)14(3,18)13(10)17/h4-8,15,18H,1-3H3/b5-4+,7-6+,11-10-/t14-/m0/s1. The van der Waals surface area contributed by atoms with E-state index in [-0.39, 0.29) is 16.9 Å². The minimum atomic E-state index is -2.10. The molecule has 0 saturated carbocycles. The zero-order chi connectivity index (χ0) is 13.9. The maximum absolute atomic E-state index is 11.9. The predicted molar refractivity (Wildman–Crippen MR) is 68.0 cm³/mol. The summed E-state index contributed by atoms with van der Waals surface area (Å²) < 4.78 is 0. The molecular weight excluding hydrogens is 232 g/mol. The van der Waals surface area contributed by atoms with Crippen molar-refractivity contribution in [2.24, 2.45) is 0 Å². The molecule has 0 aromatic heterocycles. The number of ketones is 2. The van der Waals surface area contributed by atoms with E-state index in [0.717, 1.165) is 6.92 Å². The van der Waals surface area contributed by atoms with Gasteiger partial charge in [0.1, 0.15) is 5.76 Å². The highest BCUT2D eigenvalue weighted by atomic mass is 16.3.